The number of hydrogen-bond acceptors (Lipinski definition) is 4. The first kappa shape index (κ1) is 15.2. The van der Waals surface area contributed by atoms with Crippen LogP contribution in [0.1, 0.15) is 12.5 Å². The van der Waals surface area contributed by atoms with Crippen molar-refractivity contribution >= 4 is 10.0 Å². The lowest BCUT2D eigenvalue weighted by atomic mass is 10.2. The number of sulfonamides is 1. The summed E-state index contributed by atoms with van der Waals surface area (Å²) >= 11 is 0. The van der Waals surface area contributed by atoms with Gasteiger partial charge in [-0.2, -0.15) is 4.31 Å². The highest BCUT2D eigenvalue weighted by Gasteiger charge is 2.23. The molecule has 112 valence electrons. The molecule has 0 saturated carbocycles. The molecule has 0 N–H and O–H groups in total. The highest BCUT2D eigenvalue weighted by molar-refractivity contribution is 7.88. The lowest BCUT2D eigenvalue weighted by molar-refractivity contribution is 0.182. The first-order valence-electron chi connectivity index (χ1n) is 6.77. The SMILES string of the molecule is CCn1cc(CN2CCN(S(C)(=O)=O)CC2)ccc1=O. The van der Waals surface area contributed by atoms with Crippen LogP contribution in [0.25, 0.3) is 0 Å². The number of nitrogens with zero attached hydrogens (tertiary/aromatic N) is 3. The van der Waals surface area contributed by atoms with Crippen molar-refractivity contribution < 1.29 is 8.42 Å². The van der Waals surface area contributed by atoms with E-state index >= 15 is 0 Å². The molecule has 2 heterocycles. The van der Waals surface area contributed by atoms with Crippen molar-refractivity contribution in [3.05, 3.63) is 34.2 Å². The topological polar surface area (TPSA) is 62.6 Å². The van der Waals surface area contributed by atoms with Gasteiger partial charge in [-0.15, -0.1) is 0 Å². The van der Waals surface area contributed by atoms with Crippen molar-refractivity contribution in [3.63, 3.8) is 0 Å². The van der Waals surface area contributed by atoms with E-state index in [4.69, 9.17) is 0 Å². The van der Waals surface area contributed by atoms with Gasteiger partial charge in [-0.3, -0.25) is 9.69 Å². The van der Waals surface area contributed by atoms with Crippen LogP contribution in [0, 0.1) is 0 Å². The zero-order valence-corrected chi connectivity index (χ0v) is 12.8. The molecule has 1 aromatic rings. The summed E-state index contributed by atoms with van der Waals surface area (Å²) in [5, 5.41) is 0. The standard InChI is InChI=1S/C13H21N3O3S/c1-3-15-11-12(4-5-13(15)17)10-14-6-8-16(9-7-14)20(2,18)19/h4-5,11H,3,6-10H2,1-2H3. The van der Waals surface area contributed by atoms with Gasteiger partial charge in [-0.1, -0.05) is 6.07 Å². The zero-order valence-electron chi connectivity index (χ0n) is 11.9. The zero-order chi connectivity index (χ0) is 14.8. The molecular formula is C13H21N3O3S. The maximum atomic E-state index is 11.5. The van der Waals surface area contributed by atoms with Crippen molar-refractivity contribution in [1.82, 2.24) is 13.8 Å². The average Bonchev–Trinajstić information content (AvgIpc) is 2.40. The number of rotatable bonds is 4. The fourth-order valence-electron chi connectivity index (χ4n) is 2.40. The summed E-state index contributed by atoms with van der Waals surface area (Å²) in [6.07, 6.45) is 3.13. The van der Waals surface area contributed by atoms with Gasteiger partial charge >= 0.3 is 0 Å². The highest BCUT2D eigenvalue weighted by atomic mass is 32.2. The summed E-state index contributed by atoms with van der Waals surface area (Å²) < 4.78 is 26.1. The first-order chi connectivity index (χ1) is 9.40. The van der Waals surface area contributed by atoms with E-state index in [1.807, 2.05) is 19.2 Å². The van der Waals surface area contributed by atoms with Crippen LogP contribution in [0.5, 0.6) is 0 Å². The second-order valence-electron chi connectivity index (χ2n) is 5.10. The van der Waals surface area contributed by atoms with Crippen molar-refractivity contribution in [2.24, 2.45) is 0 Å². The van der Waals surface area contributed by atoms with Crippen molar-refractivity contribution in [1.29, 1.82) is 0 Å². The maximum absolute atomic E-state index is 11.5. The Bertz CT molecular complexity index is 616. The Hall–Kier alpha value is -1.18. The Kier molecular flexibility index (Phi) is 4.62. The Morgan fingerprint density at radius 2 is 1.80 bits per heavy atom. The quantitative estimate of drug-likeness (QED) is 0.782. The lowest BCUT2D eigenvalue weighted by Crippen LogP contribution is -2.47. The van der Waals surface area contributed by atoms with E-state index in [0.29, 0.717) is 19.6 Å². The van der Waals surface area contributed by atoms with Gasteiger partial charge in [-0.25, -0.2) is 8.42 Å². The lowest BCUT2D eigenvalue weighted by Gasteiger charge is -2.33. The van der Waals surface area contributed by atoms with E-state index in [9.17, 15) is 13.2 Å². The number of hydrogen-bond donors (Lipinski definition) is 0. The van der Waals surface area contributed by atoms with Gasteiger partial charge in [0.1, 0.15) is 0 Å². The maximum Gasteiger partial charge on any atom is 0.250 e. The predicted octanol–water partition coefficient (Wildman–Crippen LogP) is -0.0546. The Balaban J connectivity index is 1.98. The van der Waals surface area contributed by atoms with Crippen molar-refractivity contribution in [2.45, 2.75) is 20.0 Å². The molecule has 0 unspecified atom stereocenters. The van der Waals surface area contributed by atoms with Gasteiger partial charge < -0.3 is 4.57 Å². The minimum Gasteiger partial charge on any atom is -0.315 e. The van der Waals surface area contributed by atoms with Crippen LogP contribution in [0.2, 0.25) is 0 Å². The van der Waals surface area contributed by atoms with Crippen LogP contribution in [0.4, 0.5) is 0 Å². The van der Waals surface area contributed by atoms with Crippen LogP contribution >= 0.6 is 0 Å². The molecule has 0 aliphatic carbocycles. The van der Waals surface area contributed by atoms with Crippen LogP contribution in [0.15, 0.2) is 23.1 Å². The largest absolute Gasteiger partial charge is 0.315 e. The Morgan fingerprint density at radius 1 is 1.15 bits per heavy atom. The van der Waals surface area contributed by atoms with Crippen LogP contribution < -0.4 is 5.56 Å². The molecule has 1 aliphatic heterocycles. The third-order valence-electron chi connectivity index (χ3n) is 3.59. The van der Waals surface area contributed by atoms with Crippen LogP contribution in [0.3, 0.4) is 0 Å². The van der Waals surface area contributed by atoms with Gasteiger partial charge in [0.2, 0.25) is 10.0 Å². The fourth-order valence-corrected chi connectivity index (χ4v) is 3.23. The van der Waals surface area contributed by atoms with E-state index in [1.165, 1.54) is 10.6 Å². The van der Waals surface area contributed by atoms with Crippen LogP contribution in [-0.4, -0.2) is 54.6 Å². The second kappa shape index (κ2) is 6.07. The van der Waals surface area contributed by atoms with E-state index in [0.717, 1.165) is 25.2 Å². The molecule has 1 fully saturated rings. The fraction of sp³-hybridized carbons (Fsp3) is 0.615. The van der Waals surface area contributed by atoms with E-state index in [2.05, 4.69) is 4.90 Å². The molecule has 0 amide bonds. The summed E-state index contributed by atoms with van der Waals surface area (Å²) in [6.45, 7) is 5.86. The van der Waals surface area contributed by atoms with E-state index in [1.54, 1.807) is 10.6 Å². The summed E-state index contributed by atoms with van der Waals surface area (Å²) in [7, 11) is -3.08. The van der Waals surface area contributed by atoms with E-state index < -0.39 is 10.0 Å². The molecule has 1 aliphatic rings. The highest BCUT2D eigenvalue weighted by Crippen LogP contribution is 2.09. The molecule has 6 nitrogen and oxygen atoms in total. The van der Waals surface area contributed by atoms with Gasteiger partial charge in [0.25, 0.3) is 5.56 Å². The Morgan fingerprint density at radius 3 is 2.35 bits per heavy atom. The van der Waals surface area contributed by atoms with Gasteiger partial charge in [0.15, 0.2) is 0 Å². The molecular weight excluding hydrogens is 278 g/mol. The molecule has 0 aromatic carbocycles. The minimum absolute atomic E-state index is 0.0122. The van der Waals surface area contributed by atoms with Crippen LogP contribution in [-0.2, 0) is 23.1 Å². The summed E-state index contributed by atoms with van der Waals surface area (Å²) in [5.41, 5.74) is 1.09. The summed E-state index contributed by atoms with van der Waals surface area (Å²) in [6, 6.07) is 3.43. The van der Waals surface area contributed by atoms with E-state index in [-0.39, 0.29) is 5.56 Å². The molecule has 0 spiro atoms. The third-order valence-corrected chi connectivity index (χ3v) is 4.90. The number of pyridine rings is 1. The van der Waals surface area contributed by atoms with Gasteiger partial charge in [0, 0.05) is 51.5 Å². The number of aryl methyl sites for hydroxylation is 1. The molecule has 2 rings (SSSR count). The molecule has 7 heteroatoms. The predicted molar refractivity (Wildman–Crippen MR) is 78.1 cm³/mol. The van der Waals surface area contributed by atoms with Gasteiger partial charge in [-0.05, 0) is 12.5 Å². The average molecular weight is 299 g/mol. The smallest absolute Gasteiger partial charge is 0.250 e. The molecule has 1 saturated heterocycles. The molecule has 1 aromatic heterocycles. The molecule has 0 radical (unpaired) electrons. The molecule has 0 bridgehead atoms. The summed E-state index contributed by atoms with van der Waals surface area (Å²) in [5.74, 6) is 0. The Labute approximate surface area is 119 Å². The number of piperazine rings is 1. The normalized spacial score (nSPS) is 18.3. The molecule has 20 heavy (non-hydrogen) atoms. The first-order valence-corrected chi connectivity index (χ1v) is 8.62. The summed E-state index contributed by atoms with van der Waals surface area (Å²) in [4.78, 5) is 13.7. The second-order valence-corrected chi connectivity index (χ2v) is 7.08. The third kappa shape index (κ3) is 3.68. The molecule has 0 atom stereocenters. The van der Waals surface area contributed by atoms with Crippen molar-refractivity contribution in [2.75, 3.05) is 32.4 Å². The monoisotopic (exact) mass is 299 g/mol. The minimum atomic E-state index is -3.08. The number of aromatic nitrogens is 1. The van der Waals surface area contributed by atoms with Crippen molar-refractivity contribution in [3.8, 4) is 0 Å². The van der Waals surface area contributed by atoms with Gasteiger partial charge in [0.05, 0.1) is 6.26 Å².